The van der Waals surface area contributed by atoms with Gasteiger partial charge in [-0.3, -0.25) is 19.5 Å². The highest BCUT2D eigenvalue weighted by Gasteiger charge is 2.55. The minimum atomic E-state index is -1.51. The summed E-state index contributed by atoms with van der Waals surface area (Å²) >= 11 is 0. The number of methoxy groups -OCH3 is 2. The normalized spacial score (nSPS) is 15.1. The van der Waals surface area contributed by atoms with E-state index in [1.165, 1.54) is 5.57 Å². The van der Waals surface area contributed by atoms with Gasteiger partial charge in [-0.05, 0) is 109 Å². The highest BCUT2D eigenvalue weighted by atomic mass is 16.6. The largest absolute Gasteiger partial charge is 0.490 e. The number of fused-ring (bicyclic) bond motifs is 8. The number of allylic oxidation sites excluding steroid dienone is 4. The van der Waals surface area contributed by atoms with Crippen molar-refractivity contribution in [1.29, 1.82) is 0 Å². The third-order valence-corrected chi connectivity index (χ3v) is 22.5. The first-order valence-electron chi connectivity index (χ1n) is 44.7. The molecule has 4 heterocycles. The Morgan fingerprint density at radius 3 is 0.992 bits per heavy atom. The van der Waals surface area contributed by atoms with Gasteiger partial charge >= 0.3 is 23.9 Å². The zero-order chi connectivity index (χ0) is 91.7. The first-order chi connectivity index (χ1) is 63.1. The van der Waals surface area contributed by atoms with E-state index in [0.717, 1.165) is 55.1 Å². The Hall–Kier alpha value is -10.5. The third kappa shape index (κ3) is 25.0. The quantitative estimate of drug-likeness (QED) is 0.0156. The van der Waals surface area contributed by atoms with Gasteiger partial charge in [0, 0.05) is 144 Å². The van der Waals surface area contributed by atoms with Crippen molar-refractivity contribution in [1.82, 2.24) is 19.6 Å². The molecule has 28 heteroatoms. The molecular formula is C101H128N4O24. The molecule has 28 nitrogen and oxygen atoms in total. The molecule has 13 rings (SSSR count). The van der Waals surface area contributed by atoms with E-state index in [2.05, 4.69) is 41.9 Å². The maximum Gasteiger partial charge on any atom is 0.348 e. The van der Waals surface area contributed by atoms with Crippen molar-refractivity contribution in [2.75, 3.05) is 212 Å². The lowest BCUT2D eigenvalue weighted by Crippen LogP contribution is -2.44. The summed E-state index contributed by atoms with van der Waals surface area (Å²) in [6.07, 6.45) is 9.18. The molecular weight excluding hydrogens is 1650 g/mol. The van der Waals surface area contributed by atoms with Crippen molar-refractivity contribution >= 4 is 23.9 Å². The molecule has 0 saturated carbocycles. The van der Waals surface area contributed by atoms with Crippen LogP contribution in [0.4, 0.5) is 0 Å². The number of benzene rings is 8. The molecule has 0 bridgehead atoms. The first-order valence-corrected chi connectivity index (χ1v) is 44.7. The monoisotopic (exact) mass is 1780 g/mol. The van der Waals surface area contributed by atoms with Crippen molar-refractivity contribution in [2.45, 2.75) is 83.0 Å². The van der Waals surface area contributed by atoms with Crippen LogP contribution in [-0.4, -0.2) is 276 Å². The molecule has 0 spiro atoms. The standard InChI is InChI=1S/C28H39NO8.C27H31NO3.C24H31NO7.C22H27NO6/c1-4-36-28(23-9-5-7-11-25(23)37-26-12-8-6-10-24(26)28)27(30)35-18-15-29(13-16-33-21-19-31-2)14-17-34-22-20-32-3;1-3-28(4-2)18-19-30-26(29)27(20-21-12-6-5-7-13-21)22-14-8-10-16-24(22)31-25-17-11-9-15-23(25)27;1-3-29-21-11-7-9-19-22(21)32-20-10-6-5-8-18(20)24(19,31-4-2)23(28)30-17-14-25(12-15-26)13-16-27;1-2-28-22(21(26)27-16-13-23(11-14-24)12-15-25)17-7-3-5-9-19(17)29-20-10-6-4-8-18(20)22/h5-12H,4,13-22H2,1-3H3;6,8-17H,3-5,7,18-20H2,1-2H3;5-11,26-27H,3-4,12-17H2,1-2H3;3-10,24-25H,2,11-16H2,1H3. The zero-order valence-electron chi connectivity index (χ0n) is 75.7. The fourth-order valence-corrected chi connectivity index (χ4v) is 16.3. The Labute approximate surface area is 757 Å². The lowest BCUT2D eigenvalue weighted by Gasteiger charge is -2.39. The second-order valence-corrected chi connectivity index (χ2v) is 30.3. The van der Waals surface area contributed by atoms with Crippen LogP contribution in [0.5, 0.6) is 51.7 Å². The SMILES string of the molecule is CCN(CC)CCOC(=O)C1(CC2=CCCC=C2)c2ccccc2Oc2ccccc21.CCOC1(C(=O)OCCN(CCO)CCO)c2ccccc2Oc2ccccc21.CCOC1(C(=O)OCCN(CCOCCOC)CCOCCOC)c2ccccc2Oc2ccccc21.CCOc1cccc2c1Oc1ccccc1C2(OCC)C(=O)OCCN(CCO)CCO. The maximum absolute atomic E-state index is 13.9. The number of ether oxygens (including phenoxy) is 16. The summed E-state index contributed by atoms with van der Waals surface area (Å²) in [5, 5.41) is 36.7. The van der Waals surface area contributed by atoms with Crippen LogP contribution in [0.2, 0.25) is 0 Å². The predicted octanol–water partition coefficient (Wildman–Crippen LogP) is 13.1. The van der Waals surface area contributed by atoms with Crippen molar-refractivity contribution in [3.63, 3.8) is 0 Å². The number of aliphatic hydroxyl groups is 4. The summed E-state index contributed by atoms with van der Waals surface area (Å²) in [5.41, 5.74) is 1.23. The second kappa shape index (κ2) is 52.4. The van der Waals surface area contributed by atoms with Gasteiger partial charge in [0.25, 0.3) is 0 Å². The summed E-state index contributed by atoms with van der Waals surface area (Å²) in [4.78, 5) is 62.8. The van der Waals surface area contributed by atoms with Crippen LogP contribution in [-0.2, 0) is 93.5 Å². The summed E-state index contributed by atoms with van der Waals surface area (Å²) in [6, 6.07) is 57.8. The third-order valence-electron chi connectivity index (χ3n) is 22.5. The van der Waals surface area contributed by atoms with E-state index in [9.17, 15) is 29.4 Å². The van der Waals surface area contributed by atoms with Gasteiger partial charge in [-0.2, -0.15) is 0 Å². The number of rotatable bonds is 48. The number of nitrogens with zero attached hydrogens (tertiary/aromatic N) is 4. The minimum Gasteiger partial charge on any atom is -0.490 e. The zero-order valence-corrected chi connectivity index (χ0v) is 75.7. The number of aliphatic hydroxyl groups excluding tert-OH is 4. The molecule has 0 aromatic heterocycles. The van der Waals surface area contributed by atoms with Gasteiger partial charge < -0.3 is 101 Å². The molecule has 129 heavy (non-hydrogen) atoms. The van der Waals surface area contributed by atoms with E-state index in [4.69, 9.17) is 86.0 Å². The Kier molecular flexibility index (Phi) is 40.9. The molecule has 1 atom stereocenters. The second-order valence-electron chi connectivity index (χ2n) is 30.3. The Bertz CT molecular complexity index is 4700. The molecule has 0 radical (unpaired) electrons. The van der Waals surface area contributed by atoms with E-state index >= 15 is 0 Å². The topological polar surface area (TPSA) is 310 Å². The predicted molar refractivity (Wildman–Crippen MR) is 487 cm³/mol. The lowest BCUT2D eigenvalue weighted by molar-refractivity contribution is -0.170. The van der Waals surface area contributed by atoms with Crippen LogP contribution in [0, 0.1) is 0 Å². The van der Waals surface area contributed by atoms with Crippen LogP contribution in [0.3, 0.4) is 0 Å². The van der Waals surface area contributed by atoms with Gasteiger partial charge in [-0.1, -0.05) is 177 Å². The van der Waals surface area contributed by atoms with Crippen LogP contribution in [0.25, 0.3) is 0 Å². The number of likely N-dealkylation sites (N-methyl/N-ethyl adjacent to an activating group) is 1. The number of carbonyl (C=O) groups is 4. The molecule has 5 aliphatic rings. The number of hydrogen-bond acceptors (Lipinski definition) is 28. The molecule has 0 fully saturated rings. The molecule has 1 aliphatic carbocycles. The molecule has 1 unspecified atom stereocenters. The Morgan fingerprint density at radius 1 is 0.333 bits per heavy atom. The smallest absolute Gasteiger partial charge is 0.348 e. The lowest BCUT2D eigenvalue weighted by atomic mass is 9.68. The molecule has 696 valence electrons. The van der Waals surface area contributed by atoms with Gasteiger partial charge in [-0.15, -0.1) is 0 Å². The van der Waals surface area contributed by atoms with Crippen molar-refractivity contribution in [2.24, 2.45) is 0 Å². The minimum absolute atomic E-state index is 0.0328. The number of esters is 4. The number of carbonyl (C=O) groups excluding carboxylic acids is 4. The fraction of sp³-hybridized carbons (Fsp3) is 0.446. The van der Waals surface area contributed by atoms with E-state index in [1.54, 1.807) is 56.7 Å². The Balaban J connectivity index is 0.000000180. The van der Waals surface area contributed by atoms with Gasteiger partial charge in [0.2, 0.25) is 16.8 Å². The van der Waals surface area contributed by atoms with Crippen molar-refractivity contribution < 1.29 is 115 Å². The maximum atomic E-state index is 13.9. The molecule has 8 aromatic rings. The summed E-state index contributed by atoms with van der Waals surface area (Å²) < 4.78 is 93.2. The van der Waals surface area contributed by atoms with Crippen LogP contribution in [0.15, 0.2) is 212 Å². The summed E-state index contributed by atoms with van der Waals surface area (Å²) in [6.45, 7) is 23.6. The van der Waals surface area contributed by atoms with Gasteiger partial charge in [0.1, 0.15) is 72.1 Å². The molecule has 4 aliphatic heterocycles. The average Bonchev–Trinajstić information content (AvgIpc) is 0.744. The fourth-order valence-electron chi connectivity index (χ4n) is 16.3. The van der Waals surface area contributed by atoms with E-state index in [1.807, 2.05) is 183 Å². The van der Waals surface area contributed by atoms with Gasteiger partial charge in [-0.25, -0.2) is 14.4 Å². The molecule has 0 amide bonds. The molecule has 4 N–H and O–H groups in total. The van der Waals surface area contributed by atoms with E-state index in [-0.39, 0.29) is 58.8 Å². The Morgan fingerprint density at radius 2 is 0.651 bits per heavy atom. The first kappa shape index (κ1) is 101. The number of hydrogen-bond donors (Lipinski definition) is 4. The van der Waals surface area contributed by atoms with E-state index in [0.29, 0.717) is 205 Å². The summed E-state index contributed by atoms with van der Waals surface area (Å²) in [5.74, 6) is 3.42. The van der Waals surface area contributed by atoms with Crippen LogP contribution in [0.1, 0.15) is 105 Å². The molecule has 8 aromatic carbocycles. The highest BCUT2D eigenvalue weighted by Crippen LogP contribution is 2.56. The van der Waals surface area contributed by atoms with Crippen molar-refractivity contribution in [3.05, 3.63) is 256 Å². The van der Waals surface area contributed by atoms with Gasteiger partial charge in [0.15, 0.2) is 11.5 Å². The van der Waals surface area contributed by atoms with Crippen LogP contribution >= 0.6 is 0 Å². The number of para-hydroxylation sites is 8. The molecule has 0 saturated heterocycles. The van der Waals surface area contributed by atoms with Gasteiger partial charge in [0.05, 0.1) is 72.7 Å². The van der Waals surface area contributed by atoms with Crippen LogP contribution < -0.4 is 23.7 Å². The van der Waals surface area contributed by atoms with E-state index < -0.39 is 40.1 Å². The van der Waals surface area contributed by atoms with Crippen molar-refractivity contribution in [3.8, 4) is 51.7 Å². The summed E-state index contributed by atoms with van der Waals surface area (Å²) in [7, 11) is 3.29. The highest BCUT2D eigenvalue weighted by molar-refractivity contribution is 5.93. The average molecular weight is 1780 g/mol.